The second-order valence-electron chi connectivity index (χ2n) is 5.81. The average Bonchev–Trinajstić information content (AvgIpc) is 2.95. The minimum Gasteiger partial charge on any atom is -0.507 e. The molecule has 0 bridgehead atoms. The number of nitro groups is 1. The average molecular weight is 399 g/mol. The molecule has 28 heavy (non-hydrogen) atoms. The predicted octanol–water partition coefficient (Wildman–Crippen LogP) is 3.20. The highest BCUT2D eigenvalue weighted by Crippen LogP contribution is 2.32. The lowest BCUT2D eigenvalue weighted by atomic mass is 10.1. The zero-order valence-corrected chi connectivity index (χ0v) is 15.2. The van der Waals surface area contributed by atoms with Gasteiger partial charge in [0.1, 0.15) is 5.75 Å². The van der Waals surface area contributed by atoms with Crippen molar-refractivity contribution in [3.63, 3.8) is 0 Å². The summed E-state index contributed by atoms with van der Waals surface area (Å²) in [7, 11) is 0. The highest BCUT2D eigenvalue weighted by atomic mass is 32.2. The number of amides is 1. The van der Waals surface area contributed by atoms with E-state index in [0.717, 1.165) is 29.5 Å². The number of rotatable bonds is 4. The molecule has 1 heterocycles. The summed E-state index contributed by atoms with van der Waals surface area (Å²) >= 11 is 0.934. The summed E-state index contributed by atoms with van der Waals surface area (Å²) in [6, 6.07) is 8.12. The Morgan fingerprint density at radius 2 is 2.04 bits per heavy atom. The highest BCUT2D eigenvalue weighted by molar-refractivity contribution is 8.18. The minimum atomic E-state index is -1.15. The van der Waals surface area contributed by atoms with E-state index >= 15 is 0 Å². The number of non-ortho nitro benzene ring substituents is 1. The highest BCUT2D eigenvalue weighted by Gasteiger charge is 2.25. The molecule has 1 amide bonds. The first-order chi connectivity index (χ1) is 13.2. The van der Waals surface area contributed by atoms with Crippen LogP contribution in [0.25, 0.3) is 6.08 Å². The zero-order valence-electron chi connectivity index (χ0n) is 14.4. The molecule has 0 aliphatic carbocycles. The fourth-order valence-electron chi connectivity index (χ4n) is 2.42. The van der Waals surface area contributed by atoms with E-state index in [9.17, 15) is 29.9 Å². The van der Waals surface area contributed by atoms with Gasteiger partial charge in [0.25, 0.3) is 11.6 Å². The van der Waals surface area contributed by atoms with Crippen molar-refractivity contribution < 1.29 is 24.7 Å². The van der Waals surface area contributed by atoms with Gasteiger partial charge in [0.2, 0.25) is 0 Å². The maximum Gasteiger partial charge on any atom is 0.337 e. The molecule has 10 heteroatoms. The van der Waals surface area contributed by atoms with Crippen LogP contribution in [0.2, 0.25) is 0 Å². The number of nitrogens with one attached hydrogen (secondary N) is 1. The lowest BCUT2D eigenvalue weighted by Crippen LogP contribution is -2.19. The van der Waals surface area contributed by atoms with Crippen LogP contribution >= 0.6 is 11.8 Å². The van der Waals surface area contributed by atoms with E-state index in [0.29, 0.717) is 0 Å². The molecule has 1 aliphatic rings. The number of benzene rings is 2. The third-order valence-corrected chi connectivity index (χ3v) is 4.67. The van der Waals surface area contributed by atoms with E-state index in [1.807, 2.05) is 0 Å². The van der Waals surface area contributed by atoms with Crippen molar-refractivity contribution in [2.75, 3.05) is 0 Å². The zero-order chi connectivity index (χ0) is 20.4. The number of phenols is 1. The van der Waals surface area contributed by atoms with E-state index in [1.54, 1.807) is 19.1 Å². The van der Waals surface area contributed by atoms with E-state index in [2.05, 4.69) is 10.3 Å². The number of nitrogens with zero attached hydrogens (tertiary/aromatic N) is 2. The van der Waals surface area contributed by atoms with Crippen LogP contribution in [0, 0.1) is 17.0 Å². The number of carboxylic acid groups (broad SMARTS) is 1. The lowest BCUT2D eigenvalue weighted by molar-refractivity contribution is -0.384. The molecule has 2 aromatic carbocycles. The van der Waals surface area contributed by atoms with Gasteiger partial charge in [-0.3, -0.25) is 14.9 Å². The first-order valence-corrected chi connectivity index (χ1v) is 8.67. The summed E-state index contributed by atoms with van der Waals surface area (Å²) in [5.74, 6) is -1.88. The molecule has 1 saturated heterocycles. The summed E-state index contributed by atoms with van der Waals surface area (Å²) < 4.78 is 0. The van der Waals surface area contributed by atoms with Gasteiger partial charge in [-0.2, -0.15) is 0 Å². The summed E-state index contributed by atoms with van der Waals surface area (Å²) in [4.78, 5) is 38.2. The number of hydrogen-bond acceptors (Lipinski definition) is 7. The van der Waals surface area contributed by atoms with Gasteiger partial charge in [0.15, 0.2) is 5.17 Å². The number of amidine groups is 1. The van der Waals surface area contributed by atoms with Crippen LogP contribution in [-0.2, 0) is 4.79 Å². The molecule has 3 rings (SSSR count). The van der Waals surface area contributed by atoms with Gasteiger partial charge in [-0.05, 0) is 48.5 Å². The summed E-state index contributed by atoms with van der Waals surface area (Å²) in [6.45, 7) is 1.78. The minimum absolute atomic E-state index is 0.0123. The predicted molar refractivity (Wildman–Crippen MR) is 104 cm³/mol. The lowest BCUT2D eigenvalue weighted by Gasteiger charge is -2.03. The van der Waals surface area contributed by atoms with Crippen LogP contribution in [0.3, 0.4) is 0 Å². The first-order valence-electron chi connectivity index (χ1n) is 7.85. The van der Waals surface area contributed by atoms with E-state index in [-0.39, 0.29) is 38.3 Å². The monoisotopic (exact) mass is 399 g/mol. The standard InChI is InChI=1S/C18H13N3O6S/c1-9-2-4-12(17(24)25)13(6-9)19-18-20-16(23)15(28-18)8-10-7-11(21(26)27)3-5-14(10)22/h2-8,22H,1H3,(H,24,25)(H,19,20,23)/b15-8-. The second kappa shape index (κ2) is 7.53. The third-order valence-electron chi connectivity index (χ3n) is 3.77. The van der Waals surface area contributed by atoms with Gasteiger partial charge in [0.05, 0.1) is 21.1 Å². The molecule has 142 valence electrons. The maximum absolute atomic E-state index is 12.2. The SMILES string of the molecule is Cc1ccc(C(=O)O)c(N=C2NC(=O)/C(=C/c3cc([N+](=O)[O-])ccc3O)S2)c1. The number of nitro benzene ring substituents is 1. The summed E-state index contributed by atoms with van der Waals surface area (Å²) in [5.41, 5.74) is 0.857. The van der Waals surface area contributed by atoms with Crippen LogP contribution in [0.1, 0.15) is 21.5 Å². The van der Waals surface area contributed by atoms with Gasteiger partial charge >= 0.3 is 5.97 Å². The molecular weight excluding hydrogens is 386 g/mol. The molecule has 0 atom stereocenters. The molecule has 1 fully saturated rings. The van der Waals surface area contributed by atoms with Gasteiger partial charge in [-0.1, -0.05) is 6.07 Å². The molecule has 2 aromatic rings. The van der Waals surface area contributed by atoms with Gasteiger partial charge < -0.3 is 15.5 Å². The molecule has 0 saturated carbocycles. The Morgan fingerprint density at radius 1 is 1.29 bits per heavy atom. The number of aryl methyl sites for hydroxylation is 1. The molecule has 3 N–H and O–H groups in total. The number of carbonyl (C=O) groups excluding carboxylic acids is 1. The number of carboxylic acids is 1. The van der Waals surface area contributed by atoms with Crippen LogP contribution in [0.4, 0.5) is 11.4 Å². The molecule has 0 unspecified atom stereocenters. The number of carbonyl (C=O) groups is 2. The topological polar surface area (TPSA) is 142 Å². The van der Waals surface area contributed by atoms with Crippen molar-refractivity contribution in [1.29, 1.82) is 0 Å². The molecule has 1 aliphatic heterocycles. The van der Waals surface area contributed by atoms with Crippen molar-refractivity contribution in [1.82, 2.24) is 5.32 Å². The molecule has 0 aromatic heterocycles. The normalized spacial score (nSPS) is 16.4. The summed E-state index contributed by atoms with van der Waals surface area (Å²) in [5, 5.41) is 32.7. The number of thioether (sulfide) groups is 1. The van der Waals surface area contributed by atoms with Crippen LogP contribution < -0.4 is 5.32 Å². The van der Waals surface area contributed by atoms with Crippen molar-refractivity contribution >= 4 is 46.3 Å². The van der Waals surface area contributed by atoms with Crippen molar-refractivity contribution in [2.45, 2.75) is 6.92 Å². The quantitative estimate of drug-likeness (QED) is 0.407. The summed E-state index contributed by atoms with van der Waals surface area (Å²) in [6.07, 6.45) is 1.30. The van der Waals surface area contributed by atoms with Gasteiger partial charge in [0, 0.05) is 17.7 Å². The maximum atomic E-state index is 12.2. The van der Waals surface area contributed by atoms with Crippen molar-refractivity contribution in [3.05, 3.63) is 68.1 Å². The number of hydrogen-bond donors (Lipinski definition) is 3. The Bertz CT molecular complexity index is 1080. The molecule has 9 nitrogen and oxygen atoms in total. The fourth-order valence-corrected chi connectivity index (χ4v) is 3.24. The third kappa shape index (κ3) is 4.01. The Kier molecular flexibility index (Phi) is 5.14. The Labute approximate surface area is 162 Å². The number of aromatic hydroxyl groups is 1. The van der Waals surface area contributed by atoms with Crippen LogP contribution in [0.15, 0.2) is 46.3 Å². The van der Waals surface area contributed by atoms with Crippen molar-refractivity contribution in [2.24, 2.45) is 4.99 Å². The smallest absolute Gasteiger partial charge is 0.337 e. The molecule has 0 radical (unpaired) electrons. The first kappa shape index (κ1) is 19.1. The number of aromatic carboxylic acids is 1. The molecular formula is C18H13N3O6S. The number of aliphatic imine (C=N–C) groups is 1. The number of phenolic OH excluding ortho intramolecular Hbond substituents is 1. The van der Waals surface area contributed by atoms with Crippen molar-refractivity contribution in [3.8, 4) is 5.75 Å². The van der Waals surface area contributed by atoms with E-state index in [4.69, 9.17) is 0 Å². The van der Waals surface area contributed by atoms with Gasteiger partial charge in [-0.25, -0.2) is 9.79 Å². The van der Waals surface area contributed by atoms with E-state index in [1.165, 1.54) is 18.2 Å². The van der Waals surface area contributed by atoms with E-state index < -0.39 is 16.8 Å². The Morgan fingerprint density at radius 3 is 2.71 bits per heavy atom. The fraction of sp³-hybridized carbons (Fsp3) is 0.0556. The Balaban J connectivity index is 1.95. The Hall–Kier alpha value is -3.66. The second-order valence-corrected chi connectivity index (χ2v) is 6.84. The molecule has 0 spiro atoms. The van der Waals surface area contributed by atoms with Crippen LogP contribution in [0.5, 0.6) is 5.75 Å². The largest absolute Gasteiger partial charge is 0.507 e. The van der Waals surface area contributed by atoms with Crippen LogP contribution in [-0.4, -0.2) is 32.2 Å². The van der Waals surface area contributed by atoms with Gasteiger partial charge in [-0.15, -0.1) is 0 Å².